The Labute approximate surface area is 123 Å². The summed E-state index contributed by atoms with van der Waals surface area (Å²) in [6.07, 6.45) is 1.49. The molecule has 0 radical (unpaired) electrons. The number of benzene rings is 1. The van der Waals surface area contributed by atoms with Crippen molar-refractivity contribution in [1.29, 1.82) is 0 Å². The van der Waals surface area contributed by atoms with Gasteiger partial charge in [0, 0.05) is 26.2 Å². The van der Waals surface area contributed by atoms with Crippen LogP contribution in [-0.4, -0.2) is 23.8 Å². The van der Waals surface area contributed by atoms with Crippen LogP contribution in [0.5, 0.6) is 0 Å². The van der Waals surface area contributed by atoms with E-state index in [1.807, 2.05) is 24.3 Å². The van der Waals surface area contributed by atoms with E-state index in [1.54, 1.807) is 24.9 Å². The van der Waals surface area contributed by atoms with Gasteiger partial charge in [-0.25, -0.2) is 0 Å². The van der Waals surface area contributed by atoms with Crippen LogP contribution in [0.3, 0.4) is 0 Å². The highest BCUT2D eigenvalue weighted by Crippen LogP contribution is 2.19. The van der Waals surface area contributed by atoms with E-state index in [0.717, 1.165) is 5.56 Å². The Morgan fingerprint density at radius 1 is 1.24 bits per heavy atom. The largest absolute Gasteiger partial charge is 0.469 e. The second-order valence-electron chi connectivity index (χ2n) is 4.88. The molecular formula is C16H18N2O3. The monoisotopic (exact) mass is 286 g/mol. The van der Waals surface area contributed by atoms with E-state index in [1.165, 1.54) is 13.2 Å². The van der Waals surface area contributed by atoms with Gasteiger partial charge in [-0.05, 0) is 24.6 Å². The Kier molecular flexibility index (Phi) is 4.42. The predicted octanol–water partition coefficient (Wildman–Crippen LogP) is 2.82. The molecule has 5 heteroatoms. The van der Waals surface area contributed by atoms with E-state index in [0.29, 0.717) is 23.6 Å². The number of carbonyl (C=O) groups is 2. The molecule has 1 heterocycles. The molecule has 21 heavy (non-hydrogen) atoms. The second-order valence-corrected chi connectivity index (χ2v) is 4.88. The zero-order chi connectivity index (χ0) is 15.4. The molecule has 0 aliphatic carbocycles. The van der Waals surface area contributed by atoms with Gasteiger partial charge in [0.25, 0.3) is 5.91 Å². The van der Waals surface area contributed by atoms with Gasteiger partial charge in [-0.1, -0.05) is 18.2 Å². The molecule has 0 aliphatic heterocycles. The van der Waals surface area contributed by atoms with Crippen LogP contribution in [-0.2, 0) is 11.3 Å². The first-order chi connectivity index (χ1) is 9.99. The highest BCUT2D eigenvalue weighted by molar-refractivity contribution is 6.05. The molecule has 1 aromatic carbocycles. The summed E-state index contributed by atoms with van der Waals surface area (Å²) in [5.41, 5.74) is 2.07. The number of nitrogens with zero attached hydrogens (tertiary/aromatic N) is 1. The maximum atomic E-state index is 12.2. The number of amides is 2. The smallest absolute Gasteiger partial charge is 0.259 e. The first-order valence-electron chi connectivity index (χ1n) is 6.64. The molecule has 1 N–H and O–H groups in total. The third-order valence-electron chi connectivity index (χ3n) is 3.31. The van der Waals surface area contributed by atoms with Crippen LogP contribution in [0.4, 0.5) is 5.69 Å². The van der Waals surface area contributed by atoms with Crippen LogP contribution in [0.25, 0.3) is 0 Å². The number of furan rings is 1. The zero-order valence-electron chi connectivity index (χ0n) is 12.3. The fourth-order valence-electron chi connectivity index (χ4n) is 1.96. The van der Waals surface area contributed by atoms with E-state index >= 15 is 0 Å². The van der Waals surface area contributed by atoms with Crippen molar-refractivity contribution in [1.82, 2.24) is 4.90 Å². The standard InChI is InChI=1S/C16H18N2O3/c1-11-14(8-9-21-11)16(20)17-15-7-5-4-6-13(15)10-18(3)12(2)19/h4-9H,10H2,1-3H3,(H,17,20). The lowest BCUT2D eigenvalue weighted by Gasteiger charge is -2.17. The third kappa shape index (κ3) is 3.51. The van der Waals surface area contributed by atoms with Crippen LogP contribution < -0.4 is 5.32 Å². The minimum absolute atomic E-state index is 0.0261. The SMILES string of the molecule is CC(=O)N(C)Cc1ccccc1NC(=O)c1ccoc1C. The second kappa shape index (κ2) is 6.26. The first kappa shape index (κ1) is 14.8. The summed E-state index contributed by atoms with van der Waals surface area (Å²) >= 11 is 0. The first-order valence-corrected chi connectivity index (χ1v) is 6.64. The Hall–Kier alpha value is -2.56. The highest BCUT2D eigenvalue weighted by Gasteiger charge is 2.14. The van der Waals surface area contributed by atoms with Crippen molar-refractivity contribution in [2.45, 2.75) is 20.4 Å². The van der Waals surface area contributed by atoms with Gasteiger partial charge in [0.2, 0.25) is 5.91 Å². The molecule has 0 saturated carbocycles. The molecule has 0 spiro atoms. The predicted molar refractivity (Wildman–Crippen MR) is 80.0 cm³/mol. The number of nitrogens with one attached hydrogen (secondary N) is 1. The van der Waals surface area contributed by atoms with E-state index in [4.69, 9.17) is 4.42 Å². The van der Waals surface area contributed by atoms with E-state index in [-0.39, 0.29) is 11.8 Å². The van der Waals surface area contributed by atoms with Gasteiger partial charge in [-0.3, -0.25) is 9.59 Å². The van der Waals surface area contributed by atoms with Crippen LogP contribution in [0.15, 0.2) is 41.0 Å². The van der Waals surface area contributed by atoms with Gasteiger partial charge in [0.1, 0.15) is 5.76 Å². The molecule has 5 nitrogen and oxygen atoms in total. The summed E-state index contributed by atoms with van der Waals surface area (Å²) in [5, 5.41) is 2.86. The molecule has 2 aromatic rings. The van der Waals surface area contributed by atoms with Gasteiger partial charge in [-0.2, -0.15) is 0 Å². The lowest BCUT2D eigenvalue weighted by Crippen LogP contribution is -2.24. The van der Waals surface area contributed by atoms with Crippen molar-refractivity contribution in [2.24, 2.45) is 0 Å². The van der Waals surface area contributed by atoms with Crippen molar-refractivity contribution in [2.75, 3.05) is 12.4 Å². The van der Waals surface area contributed by atoms with Crippen LogP contribution in [0.1, 0.15) is 28.6 Å². The topological polar surface area (TPSA) is 62.6 Å². The lowest BCUT2D eigenvalue weighted by atomic mass is 10.1. The average Bonchev–Trinajstić information content (AvgIpc) is 2.87. The maximum Gasteiger partial charge on any atom is 0.259 e. The van der Waals surface area contributed by atoms with Gasteiger partial charge < -0.3 is 14.6 Å². The number of hydrogen-bond acceptors (Lipinski definition) is 3. The van der Waals surface area contributed by atoms with Crippen molar-refractivity contribution >= 4 is 17.5 Å². The molecule has 2 rings (SSSR count). The van der Waals surface area contributed by atoms with E-state index in [2.05, 4.69) is 5.32 Å². The van der Waals surface area contributed by atoms with Crippen molar-refractivity contribution in [3.8, 4) is 0 Å². The lowest BCUT2D eigenvalue weighted by molar-refractivity contribution is -0.128. The molecule has 0 bridgehead atoms. The number of rotatable bonds is 4. The number of anilines is 1. The number of hydrogen-bond donors (Lipinski definition) is 1. The quantitative estimate of drug-likeness (QED) is 0.940. The average molecular weight is 286 g/mol. The molecule has 0 saturated heterocycles. The molecular weight excluding hydrogens is 268 g/mol. The fourth-order valence-corrected chi connectivity index (χ4v) is 1.96. The van der Waals surface area contributed by atoms with E-state index in [9.17, 15) is 9.59 Å². The minimum atomic E-state index is -0.223. The summed E-state index contributed by atoms with van der Waals surface area (Å²) in [6.45, 7) is 3.69. The fraction of sp³-hybridized carbons (Fsp3) is 0.250. The minimum Gasteiger partial charge on any atom is -0.469 e. The van der Waals surface area contributed by atoms with Gasteiger partial charge >= 0.3 is 0 Å². The van der Waals surface area contributed by atoms with Gasteiger partial charge in [0.05, 0.1) is 11.8 Å². The van der Waals surface area contributed by atoms with Gasteiger partial charge in [0.15, 0.2) is 0 Å². The third-order valence-corrected chi connectivity index (χ3v) is 3.31. The molecule has 110 valence electrons. The maximum absolute atomic E-state index is 12.2. The van der Waals surface area contributed by atoms with Gasteiger partial charge in [-0.15, -0.1) is 0 Å². The summed E-state index contributed by atoms with van der Waals surface area (Å²) < 4.78 is 5.14. The summed E-state index contributed by atoms with van der Waals surface area (Å²) in [7, 11) is 1.72. The number of aryl methyl sites for hydroxylation is 1. The summed E-state index contributed by atoms with van der Waals surface area (Å²) in [5.74, 6) is 0.326. The summed E-state index contributed by atoms with van der Waals surface area (Å²) in [6, 6.07) is 9.06. The molecule has 0 unspecified atom stereocenters. The Balaban J connectivity index is 2.19. The van der Waals surface area contributed by atoms with Crippen molar-refractivity contribution in [3.05, 3.63) is 53.5 Å². The van der Waals surface area contributed by atoms with Crippen LogP contribution >= 0.6 is 0 Å². The Morgan fingerprint density at radius 3 is 2.57 bits per heavy atom. The normalized spacial score (nSPS) is 10.2. The molecule has 0 atom stereocenters. The van der Waals surface area contributed by atoms with Crippen LogP contribution in [0.2, 0.25) is 0 Å². The molecule has 0 fully saturated rings. The molecule has 2 amide bonds. The zero-order valence-corrected chi connectivity index (χ0v) is 12.3. The highest BCUT2D eigenvalue weighted by atomic mass is 16.3. The Bertz CT molecular complexity index is 661. The number of para-hydroxylation sites is 1. The van der Waals surface area contributed by atoms with Crippen molar-refractivity contribution in [3.63, 3.8) is 0 Å². The summed E-state index contributed by atoms with van der Waals surface area (Å²) in [4.78, 5) is 25.1. The molecule has 0 aliphatic rings. The number of carbonyl (C=O) groups excluding carboxylic acids is 2. The van der Waals surface area contributed by atoms with Crippen molar-refractivity contribution < 1.29 is 14.0 Å². The Morgan fingerprint density at radius 2 is 1.95 bits per heavy atom. The van der Waals surface area contributed by atoms with E-state index < -0.39 is 0 Å². The molecule has 1 aromatic heterocycles. The van der Waals surface area contributed by atoms with Crippen LogP contribution in [0, 0.1) is 6.92 Å².